The number of nitrogens with one attached hydrogen (secondary N) is 1. The van der Waals surface area contributed by atoms with Crippen molar-refractivity contribution in [2.45, 2.75) is 13.8 Å². The first kappa shape index (κ1) is 14.7. The van der Waals surface area contributed by atoms with Crippen LogP contribution in [0.3, 0.4) is 0 Å². The number of carbonyl (C=O) groups is 2. The van der Waals surface area contributed by atoms with Crippen molar-refractivity contribution in [2.24, 2.45) is 0 Å². The highest BCUT2D eigenvalue weighted by molar-refractivity contribution is 6.08. The minimum atomic E-state index is -1.30. The third-order valence-electron chi connectivity index (χ3n) is 3.10. The van der Waals surface area contributed by atoms with Gasteiger partial charge in [-0.05, 0) is 43.7 Å². The van der Waals surface area contributed by atoms with Gasteiger partial charge in [-0.2, -0.15) is 0 Å². The Balaban J connectivity index is 2.36. The van der Waals surface area contributed by atoms with Crippen LogP contribution in [0.25, 0.3) is 0 Å². The zero-order chi connectivity index (χ0) is 15.6. The molecule has 108 valence electrons. The van der Waals surface area contributed by atoms with E-state index in [1.165, 1.54) is 6.07 Å². The van der Waals surface area contributed by atoms with Crippen LogP contribution in [0.2, 0.25) is 0 Å². The lowest BCUT2D eigenvalue weighted by molar-refractivity contribution is 0.0697. The molecule has 2 aromatic carbocycles. The van der Waals surface area contributed by atoms with Crippen molar-refractivity contribution in [3.8, 4) is 0 Å². The maximum Gasteiger partial charge on any atom is 0.337 e. The van der Waals surface area contributed by atoms with Crippen molar-refractivity contribution in [3.05, 3.63) is 64.5 Å². The van der Waals surface area contributed by atoms with Gasteiger partial charge in [0.15, 0.2) is 0 Å². The summed E-state index contributed by atoms with van der Waals surface area (Å²) in [6.07, 6.45) is 0. The Labute approximate surface area is 121 Å². The van der Waals surface area contributed by atoms with E-state index in [1.807, 2.05) is 19.1 Å². The molecule has 0 radical (unpaired) electrons. The molecule has 2 N–H and O–H groups in total. The summed E-state index contributed by atoms with van der Waals surface area (Å²) in [5.41, 5.74) is 1.93. The van der Waals surface area contributed by atoms with Crippen LogP contribution in [-0.4, -0.2) is 17.0 Å². The molecule has 0 unspecified atom stereocenters. The molecule has 0 fully saturated rings. The Kier molecular flexibility index (Phi) is 4.03. The van der Waals surface area contributed by atoms with E-state index < -0.39 is 17.7 Å². The van der Waals surface area contributed by atoms with Crippen molar-refractivity contribution < 1.29 is 19.1 Å². The van der Waals surface area contributed by atoms with E-state index in [4.69, 9.17) is 5.11 Å². The van der Waals surface area contributed by atoms with Gasteiger partial charge < -0.3 is 10.4 Å². The predicted molar refractivity (Wildman–Crippen MR) is 77.2 cm³/mol. The van der Waals surface area contributed by atoms with Gasteiger partial charge in [0.05, 0.1) is 11.3 Å². The average molecular weight is 287 g/mol. The van der Waals surface area contributed by atoms with E-state index in [0.717, 1.165) is 23.3 Å². The maximum absolute atomic E-state index is 13.1. The van der Waals surface area contributed by atoms with Crippen molar-refractivity contribution >= 4 is 17.6 Å². The first-order chi connectivity index (χ1) is 9.88. The Hall–Kier alpha value is -2.69. The van der Waals surface area contributed by atoms with Crippen LogP contribution in [0.4, 0.5) is 10.1 Å². The van der Waals surface area contributed by atoms with Gasteiger partial charge in [-0.25, -0.2) is 9.18 Å². The molecular formula is C16H14FNO3. The molecule has 1 amide bonds. The number of aryl methyl sites for hydroxylation is 2. The second-order valence-corrected chi connectivity index (χ2v) is 4.77. The molecule has 0 saturated carbocycles. The summed E-state index contributed by atoms with van der Waals surface area (Å²) in [6.45, 7) is 3.65. The number of carbonyl (C=O) groups excluding carboxylic acids is 1. The third kappa shape index (κ3) is 3.25. The van der Waals surface area contributed by atoms with Gasteiger partial charge in [-0.1, -0.05) is 17.7 Å². The molecule has 0 saturated heterocycles. The number of amides is 1. The average Bonchev–Trinajstić information content (AvgIpc) is 2.43. The number of carboxylic acids is 1. The van der Waals surface area contributed by atoms with E-state index >= 15 is 0 Å². The number of aromatic carboxylic acids is 1. The second-order valence-electron chi connectivity index (χ2n) is 4.77. The van der Waals surface area contributed by atoms with E-state index in [1.54, 1.807) is 13.0 Å². The Morgan fingerprint density at radius 3 is 2.43 bits per heavy atom. The van der Waals surface area contributed by atoms with E-state index in [0.29, 0.717) is 5.56 Å². The summed E-state index contributed by atoms with van der Waals surface area (Å²) in [6, 6.07) is 8.63. The smallest absolute Gasteiger partial charge is 0.337 e. The molecule has 2 aromatic rings. The van der Waals surface area contributed by atoms with E-state index in [-0.39, 0.29) is 11.3 Å². The monoisotopic (exact) mass is 287 g/mol. The Bertz CT molecular complexity index is 725. The summed E-state index contributed by atoms with van der Waals surface area (Å²) >= 11 is 0. The first-order valence-corrected chi connectivity index (χ1v) is 6.30. The standard InChI is InChI=1S/C16H14FNO3/c1-9-3-4-10(2)12(7-9)15(19)18-14-6-5-11(17)8-13(14)16(20)21/h3-8H,1-2H3,(H,18,19)(H,20,21). The number of benzene rings is 2. The summed E-state index contributed by atoms with van der Waals surface area (Å²) in [5.74, 6) is -2.40. The number of hydrogen-bond acceptors (Lipinski definition) is 2. The molecular weight excluding hydrogens is 273 g/mol. The van der Waals surface area contributed by atoms with Gasteiger partial charge in [0.1, 0.15) is 5.82 Å². The minimum absolute atomic E-state index is 0.0646. The molecule has 0 heterocycles. The van der Waals surface area contributed by atoms with Crippen LogP contribution < -0.4 is 5.32 Å². The fraction of sp³-hybridized carbons (Fsp3) is 0.125. The number of hydrogen-bond donors (Lipinski definition) is 2. The zero-order valence-electron chi connectivity index (χ0n) is 11.6. The van der Waals surface area contributed by atoms with Gasteiger partial charge in [-0.3, -0.25) is 4.79 Å². The largest absolute Gasteiger partial charge is 0.478 e. The molecule has 5 heteroatoms. The Morgan fingerprint density at radius 1 is 1.05 bits per heavy atom. The van der Waals surface area contributed by atoms with Crippen LogP contribution in [-0.2, 0) is 0 Å². The third-order valence-corrected chi connectivity index (χ3v) is 3.10. The summed E-state index contributed by atoms with van der Waals surface area (Å²) < 4.78 is 13.1. The molecule has 2 rings (SSSR count). The Morgan fingerprint density at radius 2 is 1.76 bits per heavy atom. The lowest BCUT2D eigenvalue weighted by atomic mass is 10.0. The van der Waals surface area contributed by atoms with Crippen LogP contribution in [0.5, 0.6) is 0 Å². The maximum atomic E-state index is 13.1. The normalized spacial score (nSPS) is 10.2. The lowest BCUT2D eigenvalue weighted by Gasteiger charge is -2.11. The van der Waals surface area contributed by atoms with Gasteiger partial charge in [-0.15, -0.1) is 0 Å². The number of anilines is 1. The molecule has 0 aliphatic rings. The highest BCUT2D eigenvalue weighted by atomic mass is 19.1. The number of rotatable bonds is 3. The summed E-state index contributed by atoms with van der Waals surface area (Å²) in [4.78, 5) is 23.3. The lowest BCUT2D eigenvalue weighted by Crippen LogP contribution is -2.16. The van der Waals surface area contributed by atoms with Crippen molar-refractivity contribution in [2.75, 3.05) is 5.32 Å². The fourth-order valence-corrected chi connectivity index (χ4v) is 1.97. The molecule has 0 aliphatic carbocycles. The fourth-order valence-electron chi connectivity index (χ4n) is 1.97. The van der Waals surface area contributed by atoms with Crippen molar-refractivity contribution in [1.82, 2.24) is 0 Å². The molecule has 0 spiro atoms. The van der Waals surface area contributed by atoms with Crippen LogP contribution in [0.1, 0.15) is 31.8 Å². The summed E-state index contributed by atoms with van der Waals surface area (Å²) in [7, 11) is 0. The topological polar surface area (TPSA) is 66.4 Å². The van der Waals surface area contributed by atoms with E-state index in [9.17, 15) is 14.0 Å². The zero-order valence-corrected chi connectivity index (χ0v) is 11.6. The van der Waals surface area contributed by atoms with Gasteiger partial charge in [0, 0.05) is 5.56 Å². The van der Waals surface area contributed by atoms with Gasteiger partial charge in [0.25, 0.3) is 5.91 Å². The predicted octanol–water partition coefficient (Wildman–Crippen LogP) is 3.39. The molecule has 0 aliphatic heterocycles. The van der Waals surface area contributed by atoms with Crippen molar-refractivity contribution in [1.29, 1.82) is 0 Å². The highest BCUT2D eigenvalue weighted by Gasteiger charge is 2.15. The molecule has 21 heavy (non-hydrogen) atoms. The highest BCUT2D eigenvalue weighted by Crippen LogP contribution is 2.19. The van der Waals surface area contributed by atoms with Crippen LogP contribution in [0.15, 0.2) is 36.4 Å². The van der Waals surface area contributed by atoms with E-state index in [2.05, 4.69) is 5.32 Å². The number of halogens is 1. The summed E-state index contributed by atoms with van der Waals surface area (Å²) in [5, 5.41) is 11.6. The van der Waals surface area contributed by atoms with Gasteiger partial charge in [0.2, 0.25) is 0 Å². The van der Waals surface area contributed by atoms with Crippen LogP contribution >= 0.6 is 0 Å². The second kappa shape index (κ2) is 5.75. The first-order valence-electron chi connectivity index (χ1n) is 6.30. The minimum Gasteiger partial charge on any atom is -0.478 e. The quantitative estimate of drug-likeness (QED) is 0.909. The van der Waals surface area contributed by atoms with Crippen LogP contribution in [0, 0.1) is 19.7 Å². The molecule has 0 aromatic heterocycles. The number of carboxylic acid groups (broad SMARTS) is 1. The molecule has 0 bridgehead atoms. The molecule has 0 atom stereocenters. The molecule has 4 nitrogen and oxygen atoms in total. The van der Waals surface area contributed by atoms with Gasteiger partial charge >= 0.3 is 5.97 Å². The van der Waals surface area contributed by atoms with Crippen molar-refractivity contribution in [3.63, 3.8) is 0 Å². The SMILES string of the molecule is Cc1ccc(C)c(C(=O)Nc2ccc(F)cc2C(=O)O)c1.